The van der Waals surface area contributed by atoms with Gasteiger partial charge in [0.2, 0.25) is 0 Å². The Hall–Kier alpha value is -2.05. The Balaban J connectivity index is 0.00000208. The van der Waals surface area contributed by atoms with E-state index in [-0.39, 0.29) is 24.4 Å². The number of hydrogen-bond acceptors (Lipinski definition) is 4. The third kappa shape index (κ3) is 3.25. The van der Waals surface area contributed by atoms with Gasteiger partial charge in [-0.05, 0) is 19.9 Å². The first-order valence-corrected chi connectivity index (χ1v) is 7.79. The van der Waals surface area contributed by atoms with Gasteiger partial charge in [-0.25, -0.2) is 0 Å². The number of benzene rings is 1. The van der Waals surface area contributed by atoms with Crippen LogP contribution in [0.5, 0.6) is 5.75 Å². The summed E-state index contributed by atoms with van der Waals surface area (Å²) in [4.78, 5) is 14.9. The Morgan fingerprint density at radius 3 is 2.75 bits per heavy atom. The minimum atomic E-state index is -0.0659. The van der Waals surface area contributed by atoms with Crippen LogP contribution in [-0.4, -0.2) is 47.7 Å². The van der Waals surface area contributed by atoms with Crippen LogP contribution in [0.1, 0.15) is 33.4 Å². The number of para-hydroxylation sites is 1. The molecule has 3 rings (SSSR count). The van der Waals surface area contributed by atoms with Crippen LogP contribution in [-0.2, 0) is 0 Å². The lowest BCUT2D eigenvalue weighted by Crippen LogP contribution is -2.49. The molecule has 0 spiro atoms. The van der Waals surface area contributed by atoms with Crippen LogP contribution in [0.25, 0.3) is 0 Å². The van der Waals surface area contributed by atoms with Crippen molar-refractivity contribution in [3.05, 3.63) is 46.8 Å². The van der Waals surface area contributed by atoms with Crippen molar-refractivity contribution in [2.24, 2.45) is 0 Å². The average molecular weight is 351 g/mol. The summed E-state index contributed by atoms with van der Waals surface area (Å²) in [5.74, 6) is 0.762. The standard InChI is InChI=1S/C17H22N4O2.ClH/c1-11-12(2)19-20-16(11)17(22)21-9-8-18-10-14(21)13-6-4-5-7-15(13)23-3;/h4-7,14,18H,8-10H2,1-3H3,(H,19,20);1H. The minimum Gasteiger partial charge on any atom is -0.496 e. The van der Waals surface area contributed by atoms with Crippen LogP contribution < -0.4 is 10.1 Å². The van der Waals surface area contributed by atoms with Crippen LogP contribution >= 0.6 is 12.4 Å². The highest BCUT2D eigenvalue weighted by molar-refractivity contribution is 5.94. The lowest BCUT2D eigenvalue weighted by atomic mass is 10.0. The predicted molar refractivity (Wildman–Crippen MR) is 95.0 cm³/mol. The fourth-order valence-electron chi connectivity index (χ4n) is 3.00. The molecule has 1 atom stereocenters. The van der Waals surface area contributed by atoms with Gasteiger partial charge in [0, 0.05) is 36.5 Å². The van der Waals surface area contributed by atoms with Crippen molar-refractivity contribution in [3.8, 4) is 5.75 Å². The smallest absolute Gasteiger partial charge is 0.275 e. The summed E-state index contributed by atoms with van der Waals surface area (Å²) in [5.41, 5.74) is 3.36. The number of piperazine rings is 1. The van der Waals surface area contributed by atoms with Crippen LogP contribution in [0, 0.1) is 13.8 Å². The minimum absolute atomic E-state index is 0. The molecule has 2 aromatic rings. The summed E-state index contributed by atoms with van der Waals surface area (Å²) in [5, 5.41) is 10.5. The predicted octanol–water partition coefficient (Wildman–Crippen LogP) is 2.24. The van der Waals surface area contributed by atoms with Gasteiger partial charge in [-0.15, -0.1) is 12.4 Å². The van der Waals surface area contributed by atoms with Gasteiger partial charge in [0.05, 0.1) is 13.2 Å². The van der Waals surface area contributed by atoms with Crippen molar-refractivity contribution in [1.82, 2.24) is 20.4 Å². The van der Waals surface area contributed by atoms with E-state index in [1.807, 2.05) is 43.0 Å². The molecule has 1 aromatic heterocycles. The molecule has 6 nitrogen and oxygen atoms in total. The van der Waals surface area contributed by atoms with Crippen LogP contribution in [0.3, 0.4) is 0 Å². The number of rotatable bonds is 3. The number of halogens is 1. The Labute approximate surface area is 148 Å². The van der Waals surface area contributed by atoms with Crippen molar-refractivity contribution >= 4 is 18.3 Å². The van der Waals surface area contributed by atoms with Crippen molar-refractivity contribution < 1.29 is 9.53 Å². The highest BCUT2D eigenvalue weighted by Gasteiger charge is 2.32. The molecular formula is C17H23ClN4O2. The second-order valence-corrected chi connectivity index (χ2v) is 5.78. The molecule has 130 valence electrons. The van der Waals surface area contributed by atoms with Crippen molar-refractivity contribution in [3.63, 3.8) is 0 Å². The van der Waals surface area contributed by atoms with E-state index in [0.717, 1.165) is 29.1 Å². The van der Waals surface area contributed by atoms with Gasteiger partial charge >= 0.3 is 0 Å². The van der Waals surface area contributed by atoms with E-state index in [4.69, 9.17) is 4.74 Å². The molecule has 1 aromatic carbocycles. The lowest BCUT2D eigenvalue weighted by Gasteiger charge is -2.36. The number of hydrogen-bond donors (Lipinski definition) is 2. The van der Waals surface area contributed by atoms with Crippen molar-refractivity contribution in [1.29, 1.82) is 0 Å². The van der Waals surface area contributed by atoms with Crippen LogP contribution in [0.4, 0.5) is 0 Å². The topological polar surface area (TPSA) is 70.2 Å². The zero-order chi connectivity index (χ0) is 16.4. The molecule has 0 bridgehead atoms. The molecule has 1 aliphatic heterocycles. The molecule has 1 fully saturated rings. The zero-order valence-corrected chi connectivity index (χ0v) is 14.9. The Morgan fingerprint density at radius 2 is 2.08 bits per heavy atom. The van der Waals surface area contributed by atoms with E-state index in [1.54, 1.807) is 7.11 Å². The number of methoxy groups -OCH3 is 1. The first-order chi connectivity index (χ1) is 11.1. The molecular weight excluding hydrogens is 328 g/mol. The van der Waals surface area contributed by atoms with Gasteiger partial charge in [0.15, 0.2) is 5.69 Å². The van der Waals surface area contributed by atoms with E-state index in [1.165, 1.54) is 0 Å². The second-order valence-electron chi connectivity index (χ2n) is 5.78. The first-order valence-electron chi connectivity index (χ1n) is 7.79. The summed E-state index contributed by atoms with van der Waals surface area (Å²) < 4.78 is 5.47. The van der Waals surface area contributed by atoms with E-state index in [9.17, 15) is 4.79 Å². The van der Waals surface area contributed by atoms with Gasteiger partial charge in [0.25, 0.3) is 5.91 Å². The largest absolute Gasteiger partial charge is 0.496 e. The summed E-state index contributed by atoms with van der Waals surface area (Å²) in [6.45, 7) is 5.97. The van der Waals surface area contributed by atoms with Gasteiger partial charge < -0.3 is 15.0 Å². The maximum atomic E-state index is 13.0. The maximum absolute atomic E-state index is 13.0. The Bertz CT molecular complexity index is 716. The average Bonchev–Trinajstić information content (AvgIpc) is 2.93. The number of carbonyl (C=O) groups excluding carboxylic acids is 1. The lowest BCUT2D eigenvalue weighted by molar-refractivity contribution is 0.0624. The number of aryl methyl sites for hydroxylation is 1. The molecule has 2 N–H and O–H groups in total. The molecule has 0 aliphatic carbocycles. The molecule has 1 unspecified atom stereocenters. The first kappa shape index (κ1) is 18.3. The number of H-pyrrole nitrogens is 1. The number of aromatic nitrogens is 2. The van der Waals surface area contributed by atoms with Crippen LogP contribution in [0.15, 0.2) is 24.3 Å². The number of ether oxygens (including phenoxy) is 1. The van der Waals surface area contributed by atoms with Gasteiger partial charge in [-0.2, -0.15) is 5.10 Å². The Morgan fingerprint density at radius 1 is 1.33 bits per heavy atom. The van der Waals surface area contributed by atoms with Gasteiger partial charge in [0.1, 0.15) is 5.75 Å². The maximum Gasteiger partial charge on any atom is 0.275 e. The van der Waals surface area contributed by atoms with Crippen molar-refractivity contribution in [2.45, 2.75) is 19.9 Å². The molecule has 2 heterocycles. The molecule has 1 aliphatic rings. The third-order valence-corrected chi connectivity index (χ3v) is 4.46. The molecule has 0 radical (unpaired) electrons. The number of nitrogens with one attached hydrogen (secondary N) is 2. The van der Waals surface area contributed by atoms with E-state index < -0.39 is 0 Å². The zero-order valence-electron chi connectivity index (χ0n) is 14.1. The van der Waals surface area contributed by atoms with Gasteiger partial charge in [-0.1, -0.05) is 18.2 Å². The SMILES string of the molecule is COc1ccccc1C1CNCCN1C(=O)c1n[nH]c(C)c1C.Cl. The third-order valence-electron chi connectivity index (χ3n) is 4.46. The second kappa shape index (κ2) is 7.68. The summed E-state index contributed by atoms with van der Waals surface area (Å²) in [6, 6.07) is 7.78. The molecule has 24 heavy (non-hydrogen) atoms. The highest BCUT2D eigenvalue weighted by Crippen LogP contribution is 2.31. The Kier molecular flexibility index (Phi) is 5.85. The summed E-state index contributed by atoms with van der Waals surface area (Å²) >= 11 is 0. The number of nitrogens with zero attached hydrogens (tertiary/aromatic N) is 2. The number of carbonyl (C=O) groups is 1. The molecule has 1 saturated heterocycles. The highest BCUT2D eigenvalue weighted by atomic mass is 35.5. The fourth-order valence-corrected chi connectivity index (χ4v) is 3.00. The molecule has 7 heteroatoms. The van der Waals surface area contributed by atoms with E-state index in [0.29, 0.717) is 18.8 Å². The van der Waals surface area contributed by atoms with Crippen molar-refractivity contribution in [2.75, 3.05) is 26.7 Å². The van der Waals surface area contributed by atoms with E-state index in [2.05, 4.69) is 15.5 Å². The molecule has 0 saturated carbocycles. The number of aromatic amines is 1. The normalized spacial score (nSPS) is 17.3. The van der Waals surface area contributed by atoms with E-state index >= 15 is 0 Å². The van der Waals surface area contributed by atoms with Gasteiger partial charge in [-0.3, -0.25) is 9.89 Å². The monoisotopic (exact) mass is 350 g/mol. The quantitative estimate of drug-likeness (QED) is 0.890. The number of amides is 1. The molecule has 1 amide bonds. The fraction of sp³-hybridized carbons (Fsp3) is 0.412. The van der Waals surface area contributed by atoms with Crippen LogP contribution in [0.2, 0.25) is 0 Å². The summed E-state index contributed by atoms with van der Waals surface area (Å²) in [7, 11) is 1.66. The summed E-state index contributed by atoms with van der Waals surface area (Å²) in [6.07, 6.45) is 0.